The molecule has 0 radical (unpaired) electrons. The Morgan fingerprint density at radius 2 is 1.70 bits per heavy atom. The third-order valence-electron chi connectivity index (χ3n) is 6.15. The van der Waals surface area contributed by atoms with Crippen LogP contribution in [-0.2, 0) is 0 Å². The molecule has 1 aliphatic heterocycles. The second-order valence-corrected chi connectivity index (χ2v) is 8.84. The highest BCUT2D eigenvalue weighted by Crippen LogP contribution is 2.41. The van der Waals surface area contributed by atoms with Crippen LogP contribution in [0.3, 0.4) is 0 Å². The van der Waals surface area contributed by atoms with E-state index in [1.54, 1.807) is 0 Å². The van der Waals surface area contributed by atoms with Crippen molar-refractivity contribution in [3.8, 4) is 0 Å². The van der Waals surface area contributed by atoms with Gasteiger partial charge in [0.25, 0.3) is 0 Å². The predicted octanol–water partition coefficient (Wildman–Crippen LogP) is 3.66. The van der Waals surface area contributed by atoms with Gasteiger partial charge >= 0.3 is 0 Å². The van der Waals surface area contributed by atoms with Gasteiger partial charge in [-0.15, -0.1) is 0 Å². The lowest BCUT2D eigenvalue weighted by Gasteiger charge is -2.49. The Kier molecular flexibility index (Phi) is 4.69. The standard InChI is InChI=1S/C17H32N2S/c1-15-12-18-16(8-6-7-9-16)13-19(15)14-17(20-2)10-4-3-5-11-17/h15,18H,3-14H2,1-2H3. The van der Waals surface area contributed by atoms with Crippen LogP contribution < -0.4 is 5.32 Å². The highest BCUT2D eigenvalue weighted by Gasteiger charge is 2.42. The Balaban J connectivity index is 1.67. The third-order valence-corrected chi connectivity index (χ3v) is 7.55. The molecule has 0 amide bonds. The van der Waals surface area contributed by atoms with E-state index in [0.717, 1.165) is 0 Å². The monoisotopic (exact) mass is 296 g/mol. The first-order chi connectivity index (χ1) is 9.67. The van der Waals surface area contributed by atoms with E-state index < -0.39 is 0 Å². The first-order valence-corrected chi connectivity index (χ1v) is 9.94. The first-order valence-electron chi connectivity index (χ1n) is 8.71. The molecule has 0 aromatic heterocycles. The van der Waals surface area contributed by atoms with Crippen molar-refractivity contribution in [2.45, 2.75) is 81.0 Å². The van der Waals surface area contributed by atoms with Crippen LogP contribution in [0.25, 0.3) is 0 Å². The quantitative estimate of drug-likeness (QED) is 0.855. The number of piperazine rings is 1. The third kappa shape index (κ3) is 3.05. The normalized spacial score (nSPS) is 33.6. The molecule has 20 heavy (non-hydrogen) atoms. The summed E-state index contributed by atoms with van der Waals surface area (Å²) >= 11 is 2.16. The Morgan fingerprint density at radius 1 is 1.05 bits per heavy atom. The van der Waals surface area contributed by atoms with Crippen LogP contribution in [0.2, 0.25) is 0 Å². The van der Waals surface area contributed by atoms with Crippen molar-refractivity contribution in [1.29, 1.82) is 0 Å². The molecule has 0 aromatic rings. The molecular formula is C17H32N2S. The summed E-state index contributed by atoms with van der Waals surface area (Å²) in [5.41, 5.74) is 0.473. The minimum absolute atomic E-state index is 0.473. The van der Waals surface area contributed by atoms with Crippen molar-refractivity contribution in [3.63, 3.8) is 0 Å². The van der Waals surface area contributed by atoms with E-state index >= 15 is 0 Å². The lowest BCUT2D eigenvalue weighted by molar-refractivity contribution is 0.0745. The molecule has 3 aliphatic rings. The molecule has 1 N–H and O–H groups in total. The van der Waals surface area contributed by atoms with Gasteiger partial charge in [-0.1, -0.05) is 32.1 Å². The van der Waals surface area contributed by atoms with E-state index in [4.69, 9.17) is 0 Å². The summed E-state index contributed by atoms with van der Waals surface area (Å²) in [6.45, 7) is 6.26. The fourth-order valence-corrected chi connectivity index (χ4v) is 5.68. The minimum Gasteiger partial charge on any atom is -0.308 e. The maximum atomic E-state index is 3.89. The number of hydrogen-bond acceptors (Lipinski definition) is 3. The first kappa shape index (κ1) is 15.2. The average Bonchev–Trinajstić information content (AvgIpc) is 2.93. The molecule has 2 aliphatic carbocycles. The summed E-state index contributed by atoms with van der Waals surface area (Å²) in [7, 11) is 0. The lowest BCUT2D eigenvalue weighted by atomic mass is 9.86. The van der Waals surface area contributed by atoms with Gasteiger partial charge in [0.05, 0.1) is 0 Å². The van der Waals surface area contributed by atoms with E-state index in [1.165, 1.54) is 77.4 Å². The van der Waals surface area contributed by atoms with Crippen molar-refractivity contribution >= 4 is 11.8 Å². The topological polar surface area (TPSA) is 15.3 Å². The van der Waals surface area contributed by atoms with E-state index in [-0.39, 0.29) is 0 Å². The van der Waals surface area contributed by atoms with Gasteiger partial charge in [-0.3, -0.25) is 4.90 Å². The van der Waals surface area contributed by atoms with Gasteiger partial charge in [-0.25, -0.2) is 0 Å². The van der Waals surface area contributed by atoms with Crippen LogP contribution in [-0.4, -0.2) is 47.1 Å². The lowest BCUT2D eigenvalue weighted by Crippen LogP contribution is -2.64. The Hall–Kier alpha value is 0.270. The maximum absolute atomic E-state index is 3.89. The van der Waals surface area contributed by atoms with Gasteiger partial charge in [-0.2, -0.15) is 11.8 Å². The van der Waals surface area contributed by atoms with Crippen LogP contribution in [0, 0.1) is 0 Å². The second kappa shape index (κ2) is 6.18. The zero-order valence-electron chi connectivity index (χ0n) is 13.4. The molecule has 2 nitrogen and oxygen atoms in total. The van der Waals surface area contributed by atoms with E-state index in [0.29, 0.717) is 16.3 Å². The summed E-state index contributed by atoms with van der Waals surface area (Å²) < 4.78 is 0.559. The van der Waals surface area contributed by atoms with Gasteiger partial charge in [0.1, 0.15) is 0 Å². The Morgan fingerprint density at radius 3 is 2.35 bits per heavy atom. The van der Waals surface area contributed by atoms with Crippen LogP contribution in [0.1, 0.15) is 64.7 Å². The summed E-state index contributed by atoms with van der Waals surface area (Å²) in [6, 6.07) is 0.715. The van der Waals surface area contributed by atoms with Gasteiger partial charge in [0, 0.05) is 36.0 Å². The van der Waals surface area contributed by atoms with Crippen LogP contribution in [0.4, 0.5) is 0 Å². The largest absolute Gasteiger partial charge is 0.308 e. The van der Waals surface area contributed by atoms with E-state index in [9.17, 15) is 0 Å². The van der Waals surface area contributed by atoms with Gasteiger partial charge < -0.3 is 5.32 Å². The fraction of sp³-hybridized carbons (Fsp3) is 1.00. The maximum Gasteiger partial charge on any atom is 0.0309 e. The van der Waals surface area contributed by atoms with Gasteiger partial charge in [0.2, 0.25) is 0 Å². The number of nitrogens with one attached hydrogen (secondary N) is 1. The second-order valence-electron chi connectivity index (χ2n) is 7.57. The van der Waals surface area contributed by atoms with Crippen LogP contribution >= 0.6 is 11.8 Å². The molecule has 1 atom stereocenters. The van der Waals surface area contributed by atoms with Crippen molar-refractivity contribution < 1.29 is 0 Å². The van der Waals surface area contributed by atoms with E-state index in [2.05, 4.69) is 35.2 Å². The molecule has 3 heteroatoms. The molecule has 2 saturated carbocycles. The smallest absolute Gasteiger partial charge is 0.0309 e. The van der Waals surface area contributed by atoms with Crippen molar-refractivity contribution in [1.82, 2.24) is 10.2 Å². The van der Waals surface area contributed by atoms with Crippen LogP contribution in [0.15, 0.2) is 0 Å². The highest BCUT2D eigenvalue weighted by molar-refractivity contribution is 8.00. The summed E-state index contributed by atoms with van der Waals surface area (Å²) in [5.74, 6) is 0. The van der Waals surface area contributed by atoms with Gasteiger partial charge in [0.15, 0.2) is 0 Å². The summed E-state index contributed by atoms with van der Waals surface area (Å²) in [5, 5.41) is 3.89. The summed E-state index contributed by atoms with van der Waals surface area (Å²) in [6.07, 6.45) is 15.3. The predicted molar refractivity (Wildman–Crippen MR) is 89.6 cm³/mol. The van der Waals surface area contributed by atoms with Crippen LogP contribution in [0.5, 0.6) is 0 Å². The van der Waals surface area contributed by atoms with E-state index in [1.807, 2.05) is 0 Å². The Bertz CT molecular complexity index is 319. The zero-order chi connectivity index (χ0) is 14.1. The minimum atomic E-state index is 0.473. The van der Waals surface area contributed by atoms with Gasteiger partial charge in [-0.05, 0) is 38.9 Å². The molecule has 1 saturated heterocycles. The van der Waals surface area contributed by atoms with Crippen molar-refractivity contribution in [2.75, 3.05) is 25.9 Å². The molecule has 0 aromatic carbocycles. The average molecular weight is 297 g/mol. The summed E-state index contributed by atoms with van der Waals surface area (Å²) in [4.78, 5) is 2.84. The highest BCUT2D eigenvalue weighted by atomic mass is 32.2. The number of nitrogens with zero attached hydrogens (tertiary/aromatic N) is 1. The molecule has 3 rings (SSSR count). The molecule has 1 unspecified atom stereocenters. The van der Waals surface area contributed by atoms with Crippen molar-refractivity contribution in [3.05, 3.63) is 0 Å². The molecule has 1 heterocycles. The molecule has 0 bridgehead atoms. The fourth-order valence-electron chi connectivity index (χ4n) is 4.69. The number of hydrogen-bond donors (Lipinski definition) is 1. The number of rotatable bonds is 3. The molecule has 3 fully saturated rings. The SMILES string of the molecule is CSC1(CN2CC3(CCCC3)NCC2C)CCCCC1. The molecule has 1 spiro atoms. The number of thioether (sulfide) groups is 1. The van der Waals surface area contributed by atoms with Crippen molar-refractivity contribution in [2.24, 2.45) is 0 Å². The molecule has 116 valence electrons. The Labute approximate surface area is 129 Å². The molecular weight excluding hydrogens is 264 g/mol. The zero-order valence-corrected chi connectivity index (χ0v) is 14.2.